The topological polar surface area (TPSA) is 82.2 Å². The minimum Gasteiger partial charge on any atom is -0.371 e. The predicted octanol–water partition coefficient (Wildman–Crippen LogP) is 1.12. The molecule has 2 atom stereocenters. The first kappa shape index (κ1) is 11.9. The molecule has 0 saturated carbocycles. The summed E-state index contributed by atoms with van der Waals surface area (Å²) in [4.78, 5) is 12.5. The fourth-order valence-electron chi connectivity index (χ4n) is 3.04. The Hall–Kier alpha value is -2.13. The van der Waals surface area contributed by atoms with Crippen LogP contribution in [0.15, 0.2) is 18.2 Å². The Balaban J connectivity index is 1.87. The molecule has 2 unspecified atom stereocenters. The fourth-order valence-corrected chi connectivity index (χ4v) is 3.04. The number of hydrogen-bond acceptors (Lipinski definition) is 5. The molecule has 2 aliphatic heterocycles. The Morgan fingerprint density at radius 3 is 2.63 bits per heavy atom. The molecule has 2 heterocycles. The molecule has 2 fully saturated rings. The van der Waals surface area contributed by atoms with Crippen molar-refractivity contribution < 1.29 is 4.92 Å². The number of nitriles is 1. The number of hydrogen-bond donors (Lipinski definition) is 1. The van der Waals surface area contributed by atoms with E-state index in [1.807, 2.05) is 6.07 Å². The van der Waals surface area contributed by atoms with E-state index in [1.165, 1.54) is 6.07 Å². The van der Waals surface area contributed by atoms with Gasteiger partial charge in [0.05, 0.1) is 4.92 Å². The first-order valence-corrected chi connectivity index (χ1v) is 6.33. The Kier molecular flexibility index (Phi) is 2.84. The molecule has 3 rings (SSSR count). The smallest absolute Gasteiger partial charge is 0.287 e. The molecule has 1 aromatic carbocycles. The monoisotopic (exact) mass is 258 g/mol. The van der Waals surface area contributed by atoms with Gasteiger partial charge in [-0.1, -0.05) is 0 Å². The Morgan fingerprint density at radius 2 is 2.05 bits per heavy atom. The van der Waals surface area contributed by atoms with Gasteiger partial charge in [-0.3, -0.25) is 10.1 Å². The molecule has 0 spiro atoms. The highest BCUT2D eigenvalue weighted by Crippen LogP contribution is 2.32. The average molecular weight is 258 g/mol. The number of nitrogens with zero attached hydrogens (tertiary/aromatic N) is 3. The maximum atomic E-state index is 10.8. The SMILES string of the molecule is N#Cc1cc(N2CC3CNCC3C2)ccc1[N+](=O)[O-]. The molecule has 0 aliphatic carbocycles. The Morgan fingerprint density at radius 1 is 1.37 bits per heavy atom. The molecule has 6 heteroatoms. The quantitative estimate of drug-likeness (QED) is 0.635. The molecule has 1 aromatic rings. The maximum Gasteiger partial charge on any atom is 0.287 e. The van der Waals surface area contributed by atoms with Crippen molar-refractivity contribution in [1.82, 2.24) is 5.32 Å². The third-order valence-corrected chi connectivity index (χ3v) is 4.05. The van der Waals surface area contributed by atoms with Crippen molar-refractivity contribution in [2.24, 2.45) is 11.8 Å². The molecule has 1 N–H and O–H groups in total. The summed E-state index contributed by atoms with van der Waals surface area (Å²) in [5, 5.41) is 23.2. The molecule has 2 aliphatic rings. The van der Waals surface area contributed by atoms with Crippen molar-refractivity contribution >= 4 is 11.4 Å². The highest BCUT2D eigenvalue weighted by atomic mass is 16.6. The van der Waals surface area contributed by atoms with Crippen molar-refractivity contribution in [3.63, 3.8) is 0 Å². The van der Waals surface area contributed by atoms with Crippen LogP contribution in [0.1, 0.15) is 5.56 Å². The molecular formula is C13H14N4O2. The van der Waals surface area contributed by atoms with Gasteiger partial charge in [0.15, 0.2) is 0 Å². The highest BCUT2D eigenvalue weighted by molar-refractivity contribution is 5.60. The summed E-state index contributed by atoms with van der Waals surface area (Å²) in [6, 6.07) is 6.72. The summed E-state index contributed by atoms with van der Waals surface area (Å²) in [5.74, 6) is 1.31. The van der Waals surface area contributed by atoms with Crippen molar-refractivity contribution in [2.45, 2.75) is 0 Å². The number of nitrogens with one attached hydrogen (secondary N) is 1. The largest absolute Gasteiger partial charge is 0.371 e. The number of nitro groups is 1. The van der Waals surface area contributed by atoms with Crippen LogP contribution in [0.5, 0.6) is 0 Å². The summed E-state index contributed by atoms with van der Waals surface area (Å²) in [7, 11) is 0. The second-order valence-corrected chi connectivity index (χ2v) is 5.15. The summed E-state index contributed by atoms with van der Waals surface area (Å²) >= 11 is 0. The second-order valence-electron chi connectivity index (χ2n) is 5.15. The van der Waals surface area contributed by atoms with E-state index in [4.69, 9.17) is 5.26 Å². The average Bonchev–Trinajstić information content (AvgIpc) is 2.98. The van der Waals surface area contributed by atoms with Crippen LogP contribution in [-0.2, 0) is 0 Å². The Bertz CT molecular complexity index is 554. The molecule has 6 nitrogen and oxygen atoms in total. The summed E-state index contributed by atoms with van der Waals surface area (Å²) in [6.45, 7) is 4.00. The third-order valence-electron chi connectivity index (χ3n) is 4.05. The lowest BCUT2D eigenvalue weighted by atomic mass is 10.0. The number of rotatable bonds is 2. The van der Waals surface area contributed by atoms with Crippen LogP contribution < -0.4 is 10.2 Å². The van der Waals surface area contributed by atoms with Gasteiger partial charge in [-0.15, -0.1) is 0 Å². The van der Waals surface area contributed by atoms with Gasteiger partial charge in [0.1, 0.15) is 11.6 Å². The Labute approximate surface area is 110 Å². The lowest BCUT2D eigenvalue weighted by Crippen LogP contribution is -2.25. The number of fused-ring (bicyclic) bond motifs is 1. The van der Waals surface area contributed by atoms with Crippen LogP contribution >= 0.6 is 0 Å². The summed E-state index contributed by atoms with van der Waals surface area (Å²) in [5.41, 5.74) is 0.932. The molecule has 0 radical (unpaired) electrons. The number of benzene rings is 1. The zero-order valence-electron chi connectivity index (χ0n) is 10.4. The minimum atomic E-state index is -0.509. The van der Waals surface area contributed by atoms with E-state index < -0.39 is 4.92 Å². The van der Waals surface area contributed by atoms with Gasteiger partial charge in [0.2, 0.25) is 0 Å². The lowest BCUT2D eigenvalue weighted by Gasteiger charge is -2.19. The standard InChI is InChI=1S/C13H14N4O2/c14-4-9-3-12(1-2-13(9)17(18)19)16-7-10-5-15-6-11(10)8-16/h1-3,10-11,15H,5-8H2. The summed E-state index contributed by atoms with van der Waals surface area (Å²) < 4.78 is 0. The van der Waals surface area contributed by atoms with Gasteiger partial charge >= 0.3 is 0 Å². The molecule has 19 heavy (non-hydrogen) atoms. The highest BCUT2D eigenvalue weighted by Gasteiger charge is 2.36. The minimum absolute atomic E-state index is 0.118. The van der Waals surface area contributed by atoms with Gasteiger partial charge in [-0.25, -0.2) is 0 Å². The van der Waals surface area contributed by atoms with E-state index in [2.05, 4.69) is 10.2 Å². The molecule has 2 saturated heterocycles. The van der Waals surface area contributed by atoms with E-state index in [0.29, 0.717) is 11.8 Å². The predicted molar refractivity (Wildman–Crippen MR) is 69.9 cm³/mol. The zero-order chi connectivity index (χ0) is 13.4. The zero-order valence-corrected chi connectivity index (χ0v) is 10.4. The van der Waals surface area contributed by atoms with Gasteiger partial charge in [0.25, 0.3) is 5.69 Å². The van der Waals surface area contributed by atoms with Gasteiger partial charge in [-0.05, 0) is 24.0 Å². The molecule has 0 bridgehead atoms. The first-order valence-electron chi connectivity index (χ1n) is 6.33. The maximum absolute atomic E-state index is 10.8. The number of nitro benzene ring substituents is 1. The van der Waals surface area contributed by atoms with Crippen LogP contribution in [0.25, 0.3) is 0 Å². The first-order chi connectivity index (χ1) is 9.19. The van der Waals surface area contributed by atoms with Crippen LogP contribution in [0.3, 0.4) is 0 Å². The normalized spacial score (nSPS) is 25.1. The molecule has 98 valence electrons. The van der Waals surface area contributed by atoms with Gasteiger partial charge < -0.3 is 10.2 Å². The van der Waals surface area contributed by atoms with Crippen molar-refractivity contribution in [1.29, 1.82) is 5.26 Å². The van der Waals surface area contributed by atoms with Crippen LogP contribution in [0, 0.1) is 33.3 Å². The second kappa shape index (κ2) is 4.52. The van der Waals surface area contributed by atoms with E-state index in [0.717, 1.165) is 31.9 Å². The van der Waals surface area contributed by atoms with Gasteiger partial charge in [-0.2, -0.15) is 5.26 Å². The van der Waals surface area contributed by atoms with E-state index >= 15 is 0 Å². The van der Waals surface area contributed by atoms with Crippen LogP contribution in [-0.4, -0.2) is 31.1 Å². The summed E-state index contributed by atoms with van der Waals surface area (Å²) in [6.07, 6.45) is 0. The van der Waals surface area contributed by atoms with Crippen LogP contribution in [0.4, 0.5) is 11.4 Å². The molecule has 0 aromatic heterocycles. The van der Waals surface area contributed by atoms with Gasteiger partial charge in [0, 0.05) is 37.9 Å². The van der Waals surface area contributed by atoms with E-state index in [-0.39, 0.29) is 11.3 Å². The van der Waals surface area contributed by atoms with E-state index in [9.17, 15) is 10.1 Å². The molecular weight excluding hydrogens is 244 g/mol. The van der Waals surface area contributed by atoms with Crippen molar-refractivity contribution in [3.8, 4) is 6.07 Å². The lowest BCUT2D eigenvalue weighted by molar-refractivity contribution is -0.385. The molecule has 0 amide bonds. The fraction of sp³-hybridized carbons (Fsp3) is 0.462. The third kappa shape index (κ3) is 2.02. The van der Waals surface area contributed by atoms with Crippen molar-refractivity contribution in [3.05, 3.63) is 33.9 Å². The van der Waals surface area contributed by atoms with E-state index in [1.54, 1.807) is 12.1 Å². The number of anilines is 1. The van der Waals surface area contributed by atoms with Crippen molar-refractivity contribution in [2.75, 3.05) is 31.1 Å². The van der Waals surface area contributed by atoms with Crippen LogP contribution in [0.2, 0.25) is 0 Å².